The lowest BCUT2D eigenvalue weighted by Crippen LogP contribution is -1.99. The molecule has 0 atom stereocenters. The fraction of sp³-hybridized carbons (Fsp3) is 0.400. The molecule has 0 aliphatic carbocycles. The minimum atomic E-state index is -0.772. The van der Waals surface area contributed by atoms with Crippen LogP contribution in [0.1, 0.15) is 30.0 Å². The molecule has 0 radical (unpaired) electrons. The second-order valence-corrected chi connectivity index (χ2v) is 4.84. The first kappa shape index (κ1) is 12.7. The predicted molar refractivity (Wildman–Crippen MR) is 73.0 cm³/mol. The predicted octanol–water partition coefficient (Wildman–Crippen LogP) is 3.30. The molecular weight excluding hydrogens is 226 g/mol. The van der Waals surface area contributed by atoms with Crippen LogP contribution < -0.4 is 0 Å². The zero-order valence-corrected chi connectivity index (χ0v) is 11.2. The van der Waals surface area contributed by atoms with Gasteiger partial charge in [-0.25, -0.2) is 0 Å². The number of rotatable bonds is 4. The number of aryl methyl sites for hydroxylation is 3. The minimum absolute atomic E-state index is 0.0947. The normalized spacial score (nSPS) is 11.1. The molecule has 1 aromatic carbocycles. The molecule has 0 fully saturated rings. The maximum atomic E-state index is 11.0. The molecule has 18 heavy (non-hydrogen) atoms. The smallest absolute Gasteiger partial charge is 0.307 e. The van der Waals surface area contributed by atoms with Crippen LogP contribution in [0, 0.1) is 13.8 Å². The molecule has 0 saturated heterocycles. The Morgan fingerprint density at radius 1 is 1.28 bits per heavy atom. The molecule has 96 valence electrons. The number of hydrogen-bond acceptors (Lipinski definition) is 1. The second kappa shape index (κ2) is 4.84. The van der Waals surface area contributed by atoms with Crippen molar-refractivity contribution < 1.29 is 9.90 Å². The first-order chi connectivity index (χ1) is 8.54. The van der Waals surface area contributed by atoms with Crippen molar-refractivity contribution in [3.05, 3.63) is 35.0 Å². The van der Waals surface area contributed by atoms with Gasteiger partial charge >= 0.3 is 5.97 Å². The highest BCUT2D eigenvalue weighted by atomic mass is 16.4. The van der Waals surface area contributed by atoms with E-state index in [9.17, 15) is 4.79 Å². The Morgan fingerprint density at radius 2 is 1.94 bits per heavy atom. The van der Waals surface area contributed by atoms with E-state index >= 15 is 0 Å². The Bertz CT molecular complexity index is 596. The summed E-state index contributed by atoms with van der Waals surface area (Å²) in [5.41, 5.74) is 4.47. The highest BCUT2D eigenvalue weighted by Crippen LogP contribution is 2.28. The lowest BCUT2D eigenvalue weighted by Gasteiger charge is -2.07. The minimum Gasteiger partial charge on any atom is -0.481 e. The van der Waals surface area contributed by atoms with Crippen LogP contribution in [-0.4, -0.2) is 15.6 Å². The SMILES string of the molecule is CCCn1cc(CC(=O)O)c2c(C)ccc(C)c21. The largest absolute Gasteiger partial charge is 0.481 e. The number of benzene rings is 1. The first-order valence-electron chi connectivity index (χ1n) is 6.34. The summed E-state index contributed by atoms with van der Waals surface area (Å²) >= 11 is 0. The van der Waals surface area contributed by atoms with E-state index in [0.717, 1.165) is 29.5 Å². The molecule has 3 heteroatoms. The number of nitrogens with zero attached hydrogens (tertiary/aromatic N) is 1. The lowest BCUT2D eigenvalue weighted by molar-refractivity contribution is -0.136. The van der Waals surface area contributed by atoms with Crippen molar-refractivity contribution in [2.45, 2.75) is 40.2 Å². The van der Waals surface area contributed by atoms with E-state index in [1.807, 2.05) is 13.1 Å². The Labute approximate surface area is 107 Å². The van der Waals surface area contributed by atoms with Gasteiger partial charge in [-0.3, -0.25) is 4.79 Å². The van der Waals surface area contributed by atoms with Crippen LogP contribution in [-0.2, 0) is 17.8 Å². The molecule has 0 unspecified atom stereocenters. The molecule has 1 aromatic heterocycles. The maximum Gasteiger partial charge on any atom is 0.307 e. The average molecular weight is 245 g/mol. The third-order valence-corrected chi connectivity index (χ3v) is 3.31. The molecule has 2 rings (SSSR count). The molecule has 0 aliphatic heterocycles. The van der Waals surface area contributed by atoms with Gasteiger partial charge < -0.3 is 9.67 Å². The van der Waals surface area contributed by atoms with Gasteiger partial charge in [-0.05, 0) is 37.0 Å². The maximum absolute atomic E-state index is 11.0. The van der Waals surface area contributed by atoms with Crippen molar-refractivity contribution >= 4 is 16.9 Å². The Hall–Kier alpha value is -1.77. The molecular formula is C15H19NO2. The van der Waals surface area contributed by atoms with Gasteiger partial charge in [-0.1, -0.05) is 19.1 Å². The van der Waals surface area contributed by atoms with E-state index in [-0.39, 0.29) is 6.42 Å². The van der Waals surface area contributed by atoms with E-state index in [4.69, 9.17) is 5.11 Å². The summed E-state index contributed by atoms with van der Waals surface area (Å²) in [6.45, 7) is 7.19. The molecule has 0 saturated carbocycles. The van der Waals surface area contributed by atoms with Gasteiger partial charge in [-0.2, -0.15) is 0 Å². The number of fused-ring (bicyclic) bond motifs is 1. The van der Waals surface area contributed by atoms with Crippen molar-refractivity contribution in [3.63, 3.8) is 0 Å². The molecule has 3 nitrogen and oxygen atoms in total. The second-order valence-electron chi connectivity index (χ2n) is 4.84. The summed E-state index contributed by atoms with van der Waals surface area (Å²) in [6.07, 6.45) is 3.14. The summed E-state index contributed by atoms with van der Waals surface area (Å²) in [4.78, 5) is 11.0. The Kier molecular flexibility index (Phi) is 3.41. The molecule has 2 aromatic rings. The standard InChI is InChI=1S/C15H19NO2/c1-4-7-16-9-12(8-13(17)18)14-10(2)5-6-11(3)15(14)16/h5-6,9H,4,7-8H2,1-3H3,(H,17,18). The quantitative estimate of drug-likeness (QED) is 0.898. The fourth-order valence-electron chi connectivity index (χ4n) is 2.60. The third-order valence-electron chi connectivity index (χ3n) is 3.31. The van der Waals surface area contributed by atoms with E-state index < -0.39 is 5.97 Å². The van der Waals surface area contributed by atoms with Crippen molar-refractivity contribution in [2.24, 2.45) is 0 Å². The Morgan fingerprint density at radius 3 is 2.56 bits per heavy atom. The summed E-state index contributed by atoms with van der Waals surface area (Å²) in [5.74, 6) is -0.772. The summed E-state index contributed by atoms with van der Waals surface area (Å²) in [5, 5.41) is 10.1. The van der Waals surface area contributed by atoms with Crippen molar-refractivity contribution in [1.29, 1.82) is 0 Å². The van der Waals surface area contributed by atoms with Gasteiger partial charge in [-0.15, -0.1) is 0 Å². The number of carboxylic acid groups (broad SMARTS) is 1. The summed E-state index contributed by atoms with van der Waals surface area (Å²) < 4.78 is 2.19. The van der Waals surface area contributed by atoms with Crippen LogP contribution in [0.5, 0.6) is 0 Å². The third kappa shape index (κ3) is 2.13. The molecule has 1 heterocycles. The highest BCUT2D eigenvalue weighted by molar-refractivity contribution is 5.92. The average Bonchev–Trinajstić information content (AvgIpc) is 2.63. The molecule has 0 bridgehead atoms. The first-order valence-corrected chi connectivity index (χ1v) is 6.34. The molecule has 0 aliphatic rings. The zero-order chi connectivity index (χ0) is 13.3. The van der Waals surface area contributed by atoms with Crippen LogP contribution >= 0.6 is 0 Å². The zero-order valence-electron chi connectivity index (χ0n) is 11.2. The van der Waals surface area contributed by atoms with Crippen molar-refractivity contribution in [3.8, 4) is 0 Å². The van der Waals surface area contributed by atoms with Gasteiger partial charge in [0.1, 0.15) is 0 Å². The van der Waals surface area contributed by atoms with E-state index in [1.165, 1.54) is 11.1 Å². The fourth-order valence-corrected chi connectivity index (χ4v) is 2.60. The number of aliphatic carboxylic acids is 1. The molecule has 1 N–H and O–H groups in total. The van der Waals surface area contributed by atoms with E-state index in [0.29, 0.717) is 0 Å². The van der Waals surface area contributed by atoms with Crippen molar-refractivity contribution in [2.75, 3.05) is 0 Å². The number of aromatic nitrogens is 1. The number of carbonyl (C=O) groups is 1. The monoisotopic (exact) mass is 245 g/mol. The van der Waals surface area contributed by atoms with Gasteiger partial charge in [0.15, 0.2) is 0 Å². The van der Waals surface area contributed by atoms with Crippen LogP contribution in [0.4, 0.5) is 0 Å². The van der Waals surface area contributed by atoms with E-state index in [2.05, 4.69) is 30.5 Å². The number of hydrogen-bond donors (Lipinski definition) is 1. The van der Waals surface area contributed by atoms with Crippen molar-refractivity contribution in [1.82, 2.24) is 4.57 Å². The summed E-state index contributed by atoms with van der Waals surface area (Å²) in [7, 11) is 0. The van der Waals surface area contributed by atoms with E-state index in [1.54, 1.807) is 0 Å². The summed E-state index contributed by atoms with van der Waals surface area (Å²) in [6, 6.07) is 4.17. The number of carboxylic acids is 1. The van der Waals surface area contributed by atoms with Crippen LogP contribution in [0.25, 0.3) is 10.9 Å². The van der Waals surface area contributed by atoms with Crippen LogP contribution in [0.15, 0.2) is 18.3 Å². The van der Waals surface area contributed by atoms with Gasteiger partial charge in [0.25, 0.3) is 0 Å². The highest BCUT2D eigenvalue weighted by Gasteiger charge is 2.14. The molecule has 0 amide bonds. The van der Waals surface area contributed by atoms with Gasteiger partial charge in [0.05, 0.1) is 11.9 Å². The lowest BCUT2D eigenvalue weighted by atomic mass is 10.0. The molecule has 0 spiro atoms. The van der Waals surface area contributed by atoms with Crippen LogP contribution in [0.3, 0.4) is 0 Å². The van der Waals surface area contributed by atoms with Gasteiger partial charge in [0.2, 0.25) is 0 Å². The topological polar surface area (TPSA) is 42.2 Å². The Balaban J connectivity index is 2.71. The van der Waals surface area contributed by atoms with Crippen LogP contribution in [0.2, 0.25) is 0 Å². The van der Waals surface area contributed by atoms with Gasteiger partial charge in [0, 0.05) is 18.1 Å².